The molecule has 0 unspecified atom stereocenters. The Bertz CT molecular complexity index is 1820. The molecule has 3 aromatic carbocycles. The van der Waals surface area contributed by atoms with E-state index in [1.165, 1.54) is 24.3 Å². The summed E-state index contributed by atoms with van der Waals surface area (Å²) in [7, 11) is 1.59. The lowest BCUT2D eigenvalue weighted by Crippen LogP contribution is -2.23. The Balaban J connectivity index is 1.40. The van der Waals surface area contributed by atoms with Crippen molar-refractivity contribution in [1.29, 1.82) is 0 Å². The van der Waals surface area contributed by atoms with Gasteiger partial charge in [-0.05, 0) is 79.9 Å². The van der Waals surface area contributed by atoms with Gasteiger partial charge in [0.05, 0.1) is 23.2 Å². The molecule has 0 saturated carbocycles. The highest BCUT2D eigenvalue weighted by atomic mass is 32.1. The minimum Gasteiger partial charge on any atom is -0.497 e. The topological polar surface area (TPSA) is 161 Å². The molecule has 0 spiro atoms. The Labute approximate surface area is 255 Å². The highest BCUT2D eigenvalue weighted by molar-refractivity contribution is 7.81. The van der Waals surface area contributed by atoms with E-state index < -0.39 is 4.92 Å². The Kier molecular flexibility index (Phi) is 8.74. The SMILES string of the molecule is COc1ccc2nc(C)c(Oc3nc(NC(=S)Nc4ccccc4)nc(NC(=S)Nc4ccc([N+](=O)[O-])cc4)n3)cc2c1. The van der Waals surface area contributed by atoms with Crippen LogP contribution in [0.1, 0.15) is 5.69 Å². The zero-order valence-electron chi connectivity index (χ0n) is 22.7. The van der Waals surface area contributed by atoms with Crippen LogP contribution in [-0.2, 0) is 0 Å². The first-order valence-corrected chi connectivity index (χ1v) is 13.4. The molecule has 0 radical (unpaired) electrons. The zero-order valence-corrected chi connectivity index (χ0v) is 24.3. The standard InChI is InChI=1S/C28H23N9O4S2/c1-16-23(15-17-14-21(40-2)12-13-22(17)29-16)41-26-33-24(35-27(42)30-18-6-4-3-5-7-18)32-25(34-26)36-28(43)31-19-8-10-20(11-9-19)37(38)39/h3-15H,1-2H3,(H4,30,31,32,33,34,35,36,42,43). The number of non-ortho nitro benzene ring substituents is 1. The molecule has 2 aromatic heterocycles. The summed E-state index contributed by atoms with van der Waals surface area (Å²) in [5.41, 5.74) is 2.63. The normalized spacial score (nSPS) is 10.5. The molecule has 0 aliphatic heterocycles. The van der Waals surface area contributed by atoms with E-state index in [0.717, 1.165) is 16.6 Å². The average molecular weight is 614 g/mol. The third kappa shape index (κ3) is 7.60. The molecule has 43 heavy (non-hydrogen) atoms. The van der Waals surface area contributed by atoms with E-state index in [0.29, 0.717) is 22.9 Å². The van der Waals surface area contributed by atoms with Crippen molar-refractivity contribution < 1.29 is 14.4 Å². The average Bonchev–Trinajstić information content (AvgIpc) is 2.98. The van der Waals surface area contributed by atoms with Crippen molar-refractivity contribution in [2.75, 3.05) is 28.4 Å². The number of methoxy groups -OCH3 is 1. The van der Waals surface area contributed by atoms with Gasteiger partial charge in [0, 0.05) is 28.9 Å². The van der Waals surface area contributed by atoms with Gasteiger partial charge in [-0.25, -0.2) is 4.98 Å². The van der Waals surface area contributed by atoms with Gasteiger partial charge in [-0.15, -0.1) is 0 Å². The van der Waals surface area contributed by atoms with Gasteiger partial charge in [-0.2, -0.15) is 15.0 Å². The highest BCUT2D eigenvalue weighted by Crippen LogP contribution is 2.29. The maximum absolute atomic E-state index is 10.9. The van der Waals surface area contributed by atoms with Crippen LogP contribution in [0.25, 0.3) is 10.9 Å². The number of anilines is 4. The van der Waals surface area contributed by atoms with E-state index in [9.17, 15) is 10.1 Å². The minimum absolute atomic E-state index is 0.0440. The van der Waals surface area contributed by atoms with E-state index in [2.05, 4.69) is 41.2 Å². The van der Waals surface area contributed by atoms with Gasteiger partial charge in [-0.3, -0.25) is 10.1 Å². The second-order valence-corrected chi connectivity index (χ2v) is 9.64. The van der Waals surface area contributed by atoms with Crippen molar-refractivity contribution in [3.05, 3.63) is 94.7 Å². The first-order valence-electron chi connectivity index (χ1n) is 12.6. The highest BCUT2D eigenvalue weighted by Gasteiger charge is 2.14. The number of benzene rings is 3. The molecule has 0 aliphatic carbocycles. The number of rotatable bonds is 8. The molecule has 4 N–H and O–H groups in total. The van der Waals surface area contributed by atoms with Gasteiger partial charge in [0.2, 0.25) is 11.9 Å². The number of ether oxygens (including phenoxy) is 2. The van der Waals surface area contributed by atoms with Crippen LogP contribution in [0.5, 0.6) is 17.5 Å². The smallest absolute Gasteiger partial charge is 0.328 e. The minimum atomic E-state index is -0.485. The number of aromatic nitrogens is 4. The van der Waals surface area contributed by atoms with Gasteiger partial charge in [0.25, 0.3) is 5.69 Å². The first kappa shape index (κ1) is 29.0. The summed E-state index contributed by atoms with van der Waals surface area (Å²) in [5, 5.41) is 23.9. The summed E-state index contributed by atoms with van der Waals surface area (Å²) < 4.78 is 11.4. The molecule has 0 bridgehead atoms. The fourth-order valence-electron chi connectivity index (χ4n) is 3.79. The number of nitrogens with one attached hydrogen (secondary N) is 4. The molecule has 0 fully saturated rings. The molecule has 15 heteroatoms. The maximum Gasteiger partial charge on any atom is 0.328 e. The van der Waals surface area contributed by atoms with Crippen LogP contribution in [0.2, 0.25) is 0 Å². The van der Waals surface area contributed by atoms with Crippen molar-refractivity contribution in [2.24, 2.45) is 0 Å². The van der Waals surface area contributed by atoms with E-state index in [1.807, 2.05) is 54.6 Å². The monoisotopic (exact) mass is 613 g/mol. The third-order valence-corrected chi connectivity index (χ3v) is 6.21. The van der Waals surface area contributed by atoms with Crippen molar-refractivity contribution >= 4 is 74.5 Å². The van der Waals surface area contributed by atoms with Crippen molar-refractivity contribution in [2.45, 2.75) is 6.92 Å². The molecule has 5 rings (SSSR count). The van der Waals surface area contributed by atoms with Crippen LogP contribution < -0.4 is 30.7 Å². The molecule has 0 atom stereocenters. The van der Waals surface area contributed by atoms with Gasteiger partial charge in [0.15, 0.2) is 16.0 Å². The molecular weight excluding hydrogens is 591 g/mol. The predicted molar refractivity (Wildman–Crippen MR) is 172 cm³/mol. The quantitative estimate of drug-likeness (QED) is 0.0908. The van der Waals surface area contributed by atoms with Crippen LogP contribution in [0.4, 0.5) is 29.0 Å². The van der Waals surface area contributed by atoms with Crippen molar-refractivity contribution in [3.63, 3.8) is 0 Å². The number of pyridine rings is 1. The fraction of sp³-hybridized carbons (Fsp3) is 0.0714. The second kappa shape index (κ2) is 13.0. The van der Waals surface area contributed by atoms with Crippen LogP contribution in [0.3, 0.4) is 0 Å². The Morgan fingerprint density at radius 3 is 2.02 bits per heavy atom. The lowest BCUT2D eigenvalue weighted by molar-refractivity contribution is -0.384. The van der Waals surface area contributed by atoms with Crippen LogP contribution >= 0.6 is 24.4 Å². The molecule has 0 saturated heterocycles. The number of nitro benzene ring substituents is 1. The summed E-state index contributed by atoms with van der Waals surface area (Å²) in [4.78, 5) is 28.2. The van der Waals surface area contributed by atoms with Crippen molar-refractivity contribution in [1.82, 2.24) is 19.9 Å². The van der Waals surface area contributed by atoms with Crippen LogP contribution in [0.15, 0.2) is 78.9 Å². The van der Waals surface area contributed by atoms with Crippen LogP contribution in [-0.4, -0.2) is 42.2 Å². The number of para-hydroxylation sites is 1. The molecule has 216 valence electrons. The Hall–Kier alpha value is -5.54. The van der Waals surface area contributed by atoms with Crippen LogP contribution in [0, 0.1) is 17.0 Å². The zero-order chi connectivity index (χ0) is 30.3. The second-order valence-electron chi connectivity index (χ2n) is 8.83. The number of hydrogen-bond donors (Lipinski definition) is 4. The van der Waals surface area contributed by atoms with Gasteiger partial charge >= 0.3 is 6.01 Å². The van der Waals surface area contributed by atoms with E-state index in [-0.39, 0.29) is 33.8 Å². The molecule has 0 aliphatic rings. The van der Waals surface area contributed by atoms with Crippen molar-refractivity contribution in [3.8, 4) is 17.5 Å². The molecule has 0 amide bonds. The van der Waals surface area contributed by atoms with Gasteiger partial charge in [0.1, 0.15) is 5.75 Å². The van der Waals surface area contributed by atoms with E-state index in [1.54, 1.807) is 14.0 Å². The number of fused-ring (bicyclic) bond motifs is 1. The number of nitrogens with zero attached hydrogens (tertiary/aromatic N) is 5. The third-order valence-electron chi connectivity index (χ3n) is 5.80. The number of hydrogen-bond acceptors (Lipinski definition) is 10. The first-order chi connectivity index (χ1) is 20.7. The van der Waals surface area contributed by atoms with Gasteiger partial charge in [-0.1, -0.05) is 18.2 Å². The number of thiocarbonyl (C=S) groups is 2. The summed E-state index contributed by atoms with van der Waals surface area (Å²) in [6, 6.07) is 22.4. The number of nitro groups is 1. The lowest BCUT2D eigenvalue weighted by Gasteiger charge is -2.14. The predicted octanol–water partition coefficient (Wildman–Crippen LogP) is 6.06. The van der Waals surface area contributed by atoms with Gasteiger partial charge < -0.3 is 30.7 Å². The fourth-order valence-corrected chi connectivity index (χ4v) is 4.21. The Morgan fingerprint density at radius 1 is 0.791 bits per heavy atom. The van der Waals surface area contributed by atoms with E-state index in [4.69, 9.17) is 33.9 Å². The van der Waals surface area contributed by atoms with E-state index >= 15 is 0 Å². The lowest BCUT2D eigenvalue weighted by atomic mass is 10.2. The summed E-state index contributed by atoms with van der Waals surface area (Å²) >= 11 is 10.9. The summed E-state index contributed by atoms with van der Waals surface area (Å²) in [6.45, 7) is 1.81. The summed E-state index contributed by atoms with van der Waals surface area (Å²) in [6.07, 6.45) is 0. The molecule has 2 heterocycles. The molecule has 13 nitrogen and oxygen atoms in total. The Morgan fingerprint density at radius 2 is 1.42 bits per heavy atom. The summed E-state index contributed by atoms with van der Waals surface area (Å²) in [5.74, 6) is 1.21. The molecular formula is C28H23N9O4S2. The maximum atomic E-state index is 10.9. The molecule has 5 aromatic rings. The number of aryl methyl sites for hydroxylation is 1. The largest absolute Gasteiger partial charge is 0.497 e.